The van der Waals surface area contributed by atoms with Crippen LogP contribution in [-0.2, 0) is 11.2 Å². The van der Waals surface area contributed by atoms with Crippen molar-refractivity contribution in [1.29, 1.82) is 0 Å². The van der Waals surface area contributed by atoms with Crippen molar-refractivity contribution in [3.63, 3.8) is 0 Å². The van der Waals surface area contributed by atoms with E-state index in [1.54, 1.807) is 0 Å². The molecule has 3 atom stereocenters. The average Bonchev–Trinajstić information content (AvgIpc) is 3.30. The van der Waals surface area contributed by atoms with E-state index in [1.165, 1.54) is 4.90 Å². The fraction of sp³-hybridized carbons (Fsp3) is 0.625. The molecule has 0 aromatic carbocycles. The van der Waals surface area contributed by atoms with Crippen molar-refractivity contribution in [3.05, 3.63) is 22.3 Å². The average molecular weight is 393 g/mol. The highest BCUT2D eigenvalue weighted by Crippen LogP contribution is 2.21. The predicted molar refractivity (Wildman–Crippen MR) is 97.5 cm³/mol. The second-order valence-corrected chi connectivity index (χ2v) is 7.60. The van der Waals surface area contributed by atoms with Gasteiger partial charge in [-0.2, -0.15) is 4.98 Å². The Hall–Kier alpha value is -2.56. The van der Waals surface area contributed by atoms with Crippen LogP contribution in [0.25, 0.3) is 0 Å². The highest BCUT2D eigenvalue weighted by Gasteiger charge is 2.42. The summed E-state index contributed by atoms with van der Waals surface area (Å²) < 4.78 is 5.53. The molecule has 0 bridgehead atoms. The third-order valence-corrected chi connectivity index (χ3v) is 4.74. The molecule has 3 rings (SSSR count). The molecule has 3 amide bonds. The van der Waals surface area contributed by atoms with E-state index in [0.717, 1.165) is 0 Å². The number of aromatic amines is 2. The van der Waals surface area contributed by atoms with Crippen LogP contribution in [0.2, 0.25) is 0 Å². The fourth-order valence-electron chi connectivity index (χ4n) is 2.97. The molecule has 2 aromatic heterocycles. The second-order valence-electron chi connectivity index (χ2n) is 7.21. The summed E-state index contributed by atoms with van der Waals surface area (Å²) in [6.07, 6.45) is 0.433. The summed E-state index contributed by atoms with van der Waals surface area (Å²) in [4.78, 5) is 34.7. The summed E-state index contributed by atoms with van der Waals surface area (Å²) in [6, 6.07) is -1.03. The van der Waals surface area contributed by atoms with Crippen molar-refractivity contribution in [3.8, 4) is 0 Å². The lowest BCUT2D eigenvalue weighted by molar-refractivity contribution is -0.128. The third kappa shape index (κ3) is 4.07. The molecule has 1 aliphatic rings. The van der Waals surface area contributed by atoms with Crippen LogP contribution in [0.3, 0.4) is 0 Å². The highest BCUT2D eigenvalue weighted by atomic mass is 32.1. The molecular weight excluding hydrogens is 370 g/mol. The normalized spacial score (nSPS) is 19.6. The molecule has 0 aliphatic carbocycles. The molecule has 3 heterocycles. The molecule has 1 aliphatic heterocycles. The van der Waals surface area contributed by atoms with Crippen LogP contribution in [-0.4, -0.2) is 54.7 Å². The van der Waals surface area contributed by atoms with Crippen LogP contribution in [0.5, 0.6) is 0 Å². The number of carbonyl (C=O) groups excluding carboxylic acids is 2. The molecule has 0 radical (unpaired) electrons. The number of nitrogens with one attached hydrogen (secondary N) is 3. The van der Waals surface area contributed by atoms with Gasteiger partial charge in [0.15, 0.2) is 5.82 Å². The minimum Gasteiger partial charge on any atom is -0.339 e. The van der Waals surface area contributed by atoms with Gasteiger partial charge in [0.1, 0.15) is 11.9 Å². The quantitative estimate of drug-likeness (QED) is 0.483. The first kappa shape index (κ1) is 19.2. The number of H-pyrrole nitrogens is 2. The van der Waals surface area contributed by atoms with Gasteiger partial charge >= 0.3 is 6.03 Å². The first-order valence-electron chi connectivity index (χ1n) is 8.85. The number of urea groups is 1. The summed E-state index contributed by atoms with van der Waals surface area (Å²) in [5, 5.41) is 12.3. The van der Waals surface area contributed by atoms with E-state index in [-0.39, 0.29) is 30.2 Å². The molecule has 27 heavy (non-hydrogen) atoms. The number of aromatic nitrogens is 5. The molecule has 0 saturated carbocycles. The maximum absolute atomic E-state index is 12.8. The van der Waals surface area contributed by atoms with Crippen molar-refractivity contribution in [2.75, 3.05) is 6.54 Å². The van der Waals surface area contributed by atoms with Gasteiger partial charge in [-0.3, -0.25) is 19.9 Å². The molecule has 3 unspecified atom stereocenters. The predicted octanol–water partition coefficient (Wildman–Crippen LogP) is 1.88. The minimum absolute atomic E-state index is 0.140. The first-order valence-corrected chi connectivity index (χ1v) is 9.26. The Labute approximate surface area is 161 Å². The summed E-state index contributed by atoms with van der Waals surface area (Å²) >= 11 is 4.94. The monoisotopic (exact) mass is 393 g/mol. The second kappa shape index (κ2) is 7.59. The van der Waals surface area contributed by atoms with E-state index < -0.39 is 12.1 Å². The van der Waals surface area contributed by atoms with Crippen LogP contribution >= 0.6 is 12.2 Å². The number of hydrogen-bond acceptors (Lipinski definition) is 7. The Kier molecular flexibility index (Phi) is 5.40. The van der Waals surface area contributed by atoms with Crippen molar-refractivity contribution < 1.29 is 14.1 Å². The van der Waals surface area contributed by atoms with Crippen molar-refractivity contribution in [1.82, 2.24) is 35.5 Å². The molecule has 1 saturated heterocycles. The summed E-state index contributed by atoms with van der Waals surface area (Å²) in [6.45, 7) is 7.89. The molecular formula is C16H23N7O3S. The van der Waals surface area contributed by atoms with Crippen LogP contribution < -0.4 is 5.32 Å². The number of carbonyl (C=O) groups is 2. The third-order valence-electron chi connectivity index (χ3n) is 4.55. The van der Waals surface area contributed by atoms with Crippen molar-refractivity contribution >= 4 is 24.2 Å². The van der Waals surface area contributed by atoms with Crippen LogP contribution in [0, 0.1) is 10.7 Å². The topological polar surface area (TPSA) is 133 Å². The van der Waals surface area contributed by atoms with E-state index in [4.69, 9.17) is 16.7 Å². The van der Waals surface area contributed by atoms with Gasteiger partial charge in [0.25, 0.3) is 5.91 Å². The molecule has 2 aromatic rings. The Morgan fingerprint density at radius 3 is 2.52 bits per heavy atom. The lowest BCUT2D eigenvalue weighted by atomic mass is 9.97. The van der Waals surface area contributed by atoms with Crippen LogP contribution in [0.15, 0.2) is 4.52 Å². The van der Waals surface area contributed by atoms with Gasteiger partial charge < -0.3 is 9.84 Å². The van der Waals surface area contributed by atoms with Crippen molar-refractivity contribution in [2.24, 2.45) is 5.92 Å². The van der Waals surface area contributed by atoms with E-state index in [1.807, 2.05) is 27.7 Å². The van der Waals surface area contributed by atoms with Gasteiger partial charge in [0.2, 0.25) is 10.7 Å². The van der Waals surface area contributed by atoms with Gasteiger partial charge in [-0.15, -0.1) is 0 Å². The Bertz CT molecular complexity index is 886. The zero-order valence-corrected chi connectivity index (χ0v) is 16.5. The summed E-state index contributed by atoms with van der Waals surface area (Å²) in [7, 11) is 0. The van der Waals surface area contributed by atoms with E-state index in [0.29, 0.717) is 28.7 Å². The van der Waals surface area contributed by atoms with Gasteiger partial charge in [-0.05, 0) is 18.1 Å². The summed E-state index contributed by atoms with van der Waals surface area (Å²) in [5.74, 6) is 1.23. The number of nitrogens with zero attached hydrogens (tertiary/aromatic N) is 4. The Balaban J connectivity index is 1.64. The smallest absolute Gasteiger partial charge is 0.324 e. The maximum Gasteiger partial charge on any atom is 0.324 e. The van der Waals surface area contributed by atoms with Gasteiger partial charge in [0.05, 0.1) is 0 Å². The van der Waals surface area contributed by atoms with Crippen LogP contribution in [0.1, 0.15) is 57.1 Å². The summed E-state index contributed by atoms with van der Waals surface area (Å²) in [5.41, 5.74) is 0. The van der Waals surface area contributed by atoms with Gasteiger partial charge in [0, 0.05) is 24.8 Å². The highest BCUT2D eigenvalue weighted by molar-refractivity contribution is 7.71. The van der Waals surface area contributed by atoms with E-state index in [9.17, 15) is 9.59 Å². The van der Waals surface area contributed by atoms with E-state index >= 15 is 0 Å². The maximum atomic E-state index is 12.8. The zero-order valence-electron chi connectivity index (χ0n) is 15.6. The molecule has 1 fully saturated rings. The molecule has 3 N–H and O–H groups in total. The number of imide groups is 1. The largest absolute Gasteiger partial charge is 0.339 e. The number of amides is 3. The van der Waals surface area contributed by atoms with Gasteiger partial charge in [-0.25, -0.2) is 9.78 Å². The number of rotatable bonds is 7. The fourth-order valence-corrected chi connectivity index (χ4v) is 3.12. The Morgan fingerprint density at radius 1 is 1.19 bits per heavy atom. The Morgan fingerprint density at radius 2 is 1.93 bits per heavy atom. The lowest BCUT2D eigenvalue weighted by Gasteiger charge is -2.18. The van der Waals surface area contributed by atoms with Crippen LogP contribution in [0.4, 0.5) is 4.79 Å². The standard InChI is InChI=1S/C16H23N7O3S/c1-7(2)13-17-10(22-26-13)5-8(3)11-14(24)23(16(25)18-11)6-9(4)12-19-15(27)21-20-12/h7-9,11H,5-6H2,1-4H3,(H,18,25)(H2,19,20,21,27). The SMILES string of the molecule is CC(C)c1nc(CC(C)C2NC(=O)N(CC(C)c3nc(=S)[nH][nH]3)C2=O)no1. The molecule has 11 heteroatoms. The van der Waals surface area contributed by atoms with E-state index in [2.05, 4.69) is 30.6 Å². The lowest BCUT2D eigenvalue weighted by Crippen LogP contribution is -2.38. The zero-order chi connectivity index (χ0) is 19.7. The van der Waals surface area contributed by atoms with Gasteiger partial charge in [-0.1, -0.05) is 32.9 Å². The molecule has 10 nitrogen and oxygen atoms in total. The van der Waals surface area contributed by atoms with Crippen molar-refractivity contribution in [2.45, 2.75) is 52.0 Å². The number of hydrogen-bond donors (Lipinski definition) is 3. The molecule has 146 valence electrons. The first-order chi connectivity index (χ1) is 12.8. The minimum atomic E-state index is -0.622. The molecule has 0 spiro atoms.